The first-order chi connectivity index (χ1) is 8.65. The van der Waals surface area contributed by atoms with Gasteiger partial charge in [0.1, 0.15) is 12.0 Å². The predicted molar refractivity (Wildman–Crippen MR) is 70.2 cm³/mol. The zero-order chi connectivity index (χ0) is 12.7. The van der Waals surface area contributed by atoms with Crippen LogP contribution in [0.15, 0.2) is 41.1 Å². The maximum atomic E-state index is 12.3. The van der Waals surface area contributed by atoms with E-state index >= 15 is 0 Å². The van der Waals surface area contributed by atoms with E-state index in [0.717, 1.165) is 16.7 Å². The lowest BCUT2D eigenvalue weighted by molar-refractivity contribution is 0.103. The van der Waals surface area contributed by atoms with Gasteiger partial charge in [-0.2, -0.15) is 0 Å². The van der Waals surface area contributed by atoms with Crippen molar-refractivity contribution in [2.45, 2.75) is 6.92 Å². The molecule has 2 heterocycles. The highest BCUT2D eigenvalue weighted by molar-refractivity contribution is 6.31. The van der Waals surface area contributed by atoms with Gasteiger partial charge in [-0.15, -0.1) is 0 Å². The number of aryl methyl sites for hydroxylation is 1. The van der Waals surface area contributed by atoms with Gasteiger partial charge in [-0.25, -0.2) is 0 Å². The van der Waals surface area contributed by atoms with Crippen molar-refractivity contribution in [3.05, 3.63) is 58.6 Å². The molecule has 1 N–H and O–H groups in total. The molecule has 18 heavy (non-hydrogen) atoms. The van der Waals surface area contributed by atoms with Crippen molar-refractivity contribution in [2.24, 2.45) is 0 Å². The number of ketones is 1. The van der Waals surface area contributed by atoms with Crippen LogP contribution in [-0.2, 0) is 0 Å². The quantitative estimate of drug-likeness (QED) is 0.708. The van der Waals surface area contributed by atoms with Gasteiger partial charge in [-0.05, 0) is 25.1 Å². The first-order valence-corrected chi connectivity index (χ1v) is 5.89. The Morgan fingerprint density at radius 1 is 1.33 bits per heavy atom. The fourth-order valence-corrected chi connectivity index (χ4v) is 2.18. The number of fused-ring (bicyclic) bond motifs is 1. The Kier molecular flexibility index (Phi) is 2.49. The molecule has 3 aromatic rings. The number of hydrogen-bond acceptors (Lipinski definition) is 2. The first kappa shape index (κ1) is 11.1. The zero-order valence-electron chi connectivity index (χ0n) is 9.66. The van der Waals surface area contributed by atoms with Crippen molar-refractivity contribution < 1.29 is 9.21 Å². The molecule has 3 nitrogen and oxygen atoms in total. The Hall–Kier alpha value is -2.00. The van der Waals surface area contributed by atoms with Crippen molar-refractivity contribution in [1.82, 2.24) is 4.98 Å². The Bertz CT molecular complexity index is 739. The van der Waals surface area contributed by atoms with E-state index in [9.17, 15) is 4.79 Å². The third-order valence-corrected chi connectivity index (χ3v) is 3.12. The Morgan fingerprint density at radius 3 is 2.89 bits per heavy atom. The van der Waals surface area contributed by atoms with Gasteiger partial charge in [-0.3, -0.25) is 4.79 Å². The molecule has 4 heteroatoms. The first-order valence-electron chi connectivity index (χ1n) is 5.51. The summed E-state index contributed by atoms with van der Waals surface area (Å²) in [6, 6.07) is 7.15. The van der Waals surface area contributed by atoms with Crippen LogP contribution in [0.2, 0.25) is 5.02 Å². The number of halogens is 1. The maximum absolute atomic E-state index is 12.3. The van der Waals surface area contributed by atoms with Crippen LogP contribution in [-0.4, -0.2) is 10.8 Å². The standard InChI is InChI=1S/C14H10ClNO2/c1-8-4-9(7-18-8)14(17)12-6-16-13-5-10(15)2-3-11(12)13/h2-7,16H,1H3. The van der Waals surface area contributed by atoms with Crippen molar-refractivity contribution >= 4 is 28.3 Å². The molecule has 0 saturated carbocycles. The highest BCUT2D eigenvalue weighted by Crippen LogP contribution is 2.24. The molecular weight excluding hydrogens is 250 g/mol. The van der Waals surface area contributed by atoms with Crippen molar-refractivity contribution in [2.75, 3.05) is 0 Å². The highest BCUT2D eigenvalue weighted by atomic mass is 35.5. The smallest absolute Gasteiger partial charge is 0.198 e. The van der Waals surface area contributed by atoms with Gasteiger partial charge in [0.15, 0.2) is 5.78 Å². The predicted octanol–water partition coefficient (Wildman–Crippen LogP) is 3.95. The maximum Gasteiger partial charge on any atom is 0.198 e. The summed E-state index contributed by atoms with van der Waals surface area (Å²) in [4.78, 5) is 15.4. The van der Waals surface area contributed by atoms with E-state index in [4.69, 9.17) is 16.0 Å². The lowest BCUT2D eigenvalue weighted by Crippen LogP contribution is -1.97. The summed E-state index contributed by atoms with van der Waals surface area (Å²) >= 11 is 5.91. The minimum absolute atomic E-state index is 0.0552. The molecule has 0 amide bonds. The number of benzene rings is 1. The number of aromatic nitrogens is 1. The molecule has 3 rings (SSSR count). The molecule has 90 valence electrons. The Balaban J connectivity index is 2.12. The van der Waals surface area contributed by atoms with Crippen LogP contribution in [0, 0.1) is 6.92 Å². The van der Waals surface area contributed by atoms with Crippen LogP contribution in [0.25, 0.3) is 10.9 Å². The molecule has 0 bridgehead atoms. The van der Waals surface area contributed by atoms with Gasteiger partial charge in [0.25, 0.3) is 0 Å². The highest BCUT2D eigenvalue weighted by Gasteiger charge is 2.15. The van der Waals surface area contributed by atoms with Crippen LogP contribution in [0.4, 0.5) is 0 Å². The SMILES string of the molecule is Cc1cc(C(=O)c2c[nH]c3cc(Cl)ccc23)co1. The number of hydrogen-bond donors (Lipinski definition) is 1. The van der Waals surface area contributed by atoms with Gasteiger partial charge >= 0.3 is 0 Å². The van der Waals surface area contributed by atoms with Gasteiger partial charge in [0, 0.05) is 27.7 Å². The summed E-state index contributed by atoms with van der Waals surface area (Å²) in [5.41, 5.74) is 2.04. The van der Waals surface area contributed by atoms with Gasteiger partial charge < -0.3 is 9.40 Å². The minimum Gasteiger partial charge on any atom is -0.469 e. The van der Waals surface area contributed by atoms with Crippen molar-refractivity contribution in [3.8, 4) is 0 Å². The third-order valence-electron chi connectivity index (χ3n) is 2.88. The van der Waals surface area contributed by atoms with E-state index in [1.165, 1.54) is 6.26 Å². The molecule has 0 aliphatic carbocycles. The van der Waals surface area contributed by atoms with E-state index < -0.39 is 0 Å². The second-order valence-corrected chi connectivity index (χ2v) is 4.60. The summed E-state index contributed by atoms with van der Waals surface area (Å²) in [6.07, 6.45) is 3.18. The third kappa shape index (κ3) is 1.73. The number of nitrogens with one attached hydrogen (secondary N) is 1. The molecule has 0 aliphatic rings. The number of carbonyl (C=O) groups is 1. The zero-order valence-corrected chi connectivity index (χ0v) is 10.4. The number of furan rings is 1. The molecule has 0 fully saturated rings. The molecular formula is C14H10ClNO2. The second kappa shape index (κ2) is 4.03. The van der Waals surface area contributed by atoms with Crippen LogP contribution in [0.5, 0.6) is 0 Å². The fourth-order valence-electron chi connectivity index (χ4n) is 2.00. The molecule has 0 aliphatic heterocycles. The molecule has 0 unspecified atom stereocenters. The lowest BCUT2D eigenvalue weighted by atomic mass is 10.1. The number of rotatable bonds is 2. The summed E-state index contributed by atoms with van der Waals surface area (Å²) in [5, 5.41) is 1.51. The van der Waals surface area contributed by atoms with Crippen LogP contribution >= 0.6 is 11.6 Å². The molecule has 0 radical (unpaired) electrons. The summed E-state index contributed by atoms with van der Waals surface area (Å²) in [5.74, 6) is 0.668. The molecule has 0 saturated heterocycles. The average Bonchev–Trinajstić information content (AvgIpc) is 2.94. The summed E-state index contributed by atoms with van der Waals surface area (Å²) in [6.45, 7) is 1.81. The van der Waals surface area contributed by atoms with Crippen LogP contribution in [0.3, 0.4) is 0 Å². The number of H-pyrrole nitrogens is 1. The van der Waals surface area contributed by atoms with Crippen molar-refractivity contribution in [3.63, 3.8) is 0 Å². The van der Waals surface area contributed by atoms with Crippen molar-refractivity contribution in [1.29, 1.82) is 0 Å². The number of aromatic amines is 1. The largest absolute Gasteiger partial charge is 0.469 e. The summed E-state index contributed by atoms with van der Waals surface area (Å²) in [7, 11) is 0. The minimum atomic E-state index is -0.0552. The molecule has 2 aromatic heterocycles. The number of carbonyl (C=O) groups excluding carboxylic acids is 1. The van der Waals surface area contributed by atoms with E-state index in [2.05, 4.69) is 4.98 Å². The second-order valence-electron chi connectivity index (χ2n) is 4.17. The van der Waals surface area contributed by atoms with E-state index in [1.807, 2.05) is 13.0 Å². The fraction of sp³-hybridized carbons (Fsp3) is 0.0714. The molecule has 0 spiro atoms. The van der Waals surface area contributed by atoms with Crippen LogP contribution in [0.1, 0.15) is 21.7 Å². The van der Waals surface area contributed by atoms with E-state index in [0.29, 0.717) is 16.1 Å². The van der Waals surface area contributed by atoms with Gasteiger partial charge in [-0.1, -0.05) is 17.7 Å². The summed E-state index contributed by atoms with van der Waals surface area (Å²) < 4.78 is 5.16. The topological polar surface area (TPSA) is 46.0 Å². The lowest BCUT2D eigenvalue weighted by Gasteiger charge is -1.96. The molecule has 0 atom stereocenters. The monoisotopic (exact) mass is 259 g/mol. The average molecular weight is 260 g/mol. The van der Waals surface area contributed by atoms with E-state index in [1.54, 1.807) is 24.4 Å². The van der Waals surface area contributed by atoms with E-state index in [-0.39, 0.29) is 5.78 Å². The normalized spacial score (nSPS) is 11.0. The van der Waals surface area contributed by atoms with Gasteiger partial charge in [0.05, 0.1) is 5.56 Å². The Morgan fingerprint density at radius 2 is 2.17 bits per heavy atom. The van der Waals surface area contributed by atoms with Crippen LogP contribution < -0.4 is 0 Å². The molecule has 1 aromatic carbocycles. The Labute approximate surface area is 108 Å². The van der Waals surface area contributed by atoms with Gasteiger partial charge in [0.2, 0.25) is 0 Å².